The van der Waals surface area contributed by atoms with Crippen molar-refractivity contribution in [2.24, 2.45) is 0 Å². The molecule has 0 bridgehead atoms. The van der Waals surface area contributed by atoms with Gasteiger partial charge in [-0.25, -0.2) is 0 Å². The first kappa shape index (κ1) is 16.7. The first-order valence-electron chi connectivity index (χ1n) is 7.63. The molecular formula is C18H21N3O2. The maximum absolute atomic E-state index is 12.3. The lowest BCUT2D eigenvalue weighted by Gasteiger charge is -2.08. The van der Waals surface area contributed by atoms with Crippen LogP contribution in [-0.4, -0.2) is 23.3 Å². The lowest BCUT2D eigenvalue weighted by molar-refractivity contribution is 0.0953. The standard InChI is InChI=1S/C18H21N3O2/c1-4-7-20-17(22)14-9-15(11-19-10-14)18(23)21-16-6-5-12(2)13(3)8-16/h5-6,8-11H,4,7H2,1-3H3,(H,20,22)(H,21,23). The molecule has 0 unspecified atom stereocenters. The highest BCUT2D eigenvalue weighted by Crippen LogP contribution is 2.15. The zero-order valence-corrected chi connectivity index (χ0v) is 13.6. The Balaban J connectivity index is 2.13. The predicted molar refractivity (Wildman–Crippen MR) is 90.7 cm³/mol. The fourth-order valence-electron chi connectivity index (χ4n) is 2.05. The van der Waals surface area contributed by atoms with E-state index in [1.807, 2.05) is 39.0 Å². The van der Waals surface area contributed by atoms with Crippen molar-refractivity contribution in [2.45, 2.75) is 27.2 Å². The predicted octanol–water partition coefficient (Wildman–Crippen LogP) is 3.09. The van der Waals surface area contributed by atoms with Crippen molar-refractivity contribution in [3.05, 3.63) is 58.9 Å². The summed E-state index contributed by atoms with van der Waals surface area (Å²) >= 11 is 0. The van der Waals surface area contributed by atoms with Gasteiger partial charge in [-0.3, -0.25) is 14.6 Å². The van der Waals surface area contributed by atoms with Crippen LogP contribution < -0.4 is 10.6 Å². The molecule has 0 saturated heterocycles. The summed E-state index contributed by atoms with van der Waals surface area (Å²) in [6, 6.07) is 7.27. The van der Waals surface area contributed by atoms with E-state index in [-0.39, 0.29) is 11.8 Å². The second-order valence-electron chi connectivity index (χ2n) is 5.47. The summed E-state index contributed by atoms with van der Waals surface area (Å²) < 4.78 is 0. The SMILES string of the molecule is CCCNC(=O)c1cncc(C(=O)Nc2ccc(C)c(C)c2)c1. The monoisotopic (exact) mass is 311 g/mol. The van der Waals surface area contributed by atoms with Crippen molar-refractivity contribution < 1.29 is 9.59 Å². The van der Waals surface area contributed by atoms with Crippen LogP contribution in [0.1, 0.15) is 45.2 Å². The normalized spacial score (nSPS) is 10.2. The minimum absolute atomic E-state index is 0.222. The van der Waals surface area contributed by atoms with E-state index >= 15 is 0 Å². The van der Waals surface area contributed by atoms with Crippen LogP contribution in [0.25, 0.3) is 0 Å². The van der Waals surface area contributed by atoms with Crippen LogP contribution in [0.2, 0.25) is 0 Å². The molecule has 2 rings (SSSR count). The lowest BCUT2D eigenvalue weighted by atomic mass is 10.1. The Morgan fingerprint density at radius 2 is 1.70 bits per heavy atom. The van der Waals surface area contributed by atoms with E-state index in [1.165, 1.54) is 18.0 Å². The van der Waals surface area contributed by atoms with Gasteiger partial charge in [-0.1, -0.05) is 13.0 Å². The number of hydrogen-bond acceptors (Lipinski definition) is 3. The molecule has 23 heavy (non-hydrogen) atoms. The molecule has 120 valence electrons. The van der Waals surface area contributed by atoms with E-state index in [0.717, 1.165) is 17.7 Å². The summed E-state index contributed by atoms with van der Waals surface area (Å²) in [5.74, 6) is -0.508. The molecule has 2 N–H and O–H groups in total. The number of aromatic nitrogens is 1. The zero-order chi connectivity index (χ0) is 16.8. The van der Waals surface area contributed by atoms with Gasteiger partial charge in [0.05, 0.1) is 11.1 Å². The Bertz CT molecular complexity index is 726. The number of nitrogens with one attached hydrogen (secondary N) is 2. The van der Waals surface area contributed by atoms with Gasteiger partial charge in [0.25, 0.3) is 11.8 Å². The van der Waals surface area contributed by atoms with Crippen LogP contribution in [0.5, 0.6) is 0 Å². The molecule has 2 aromatic rings. The first-order valence-corrected chi connectivity index (χ1v) is 7.63. The second kappa shape index (κ2) is 7.54. The Kier molecular flexibility index (Phi) is 5.46. The molecule has 0 fully saturated rings. The van der Waals surface area contributed by atoms with E-state index in [4.69, 9.17) is 0 Å². The summed E-state index contributed by atoms with van der Waals surface area (Å²) in [7, 11) is 0. The molecule has 0 spiro atoms. The smallest absolute Gasteiger partial charge is 0.257 e. The number of nitrogens with zero attached hydrogens (tertiary/aromatic N) is 1. The topological polar surface area (TPSA) is 71.1 Å². The second-order valence-corrected chi connectivity index (χ2v) is 5.47. The molecule has 1 heterocycles. The van der Waals surface area contributed by atoms with Crippen LogP contribution in [-0.2, 0) is 0 Å². The Labute approximate surface area is 136 Å². The minimum atomic E-state index is -0.286. The van der Waals surface area contributed by atoms with E-state index in [2.05, 4.69) is 15.6 Å². The molecule has 1 aromatic carbocycles. The number of hydrogen-bond donors (Lipinski definition) is 2. The fourth-order valence-corrected chi connectivity index (χ4v) is 2.05. The molecule has 1 aromatic heterocycles. The molecule has 2 amide bonds. The van der Waals surface area contributed by atoms with Gasteiger partial charge < -0.3 is 10.6 Å². The molecular weight excluding hydrogens is 290 g/mol. The largest absolute Gasteiger partial charge is 0.352 e. The van der Waals surface area contributed by atoms with E-state index in [1.54, 1.807) is 6.07 Å². The number of anilines is 1. The maximum atomic E-state index is 12.3. The van der Waals surface area contributed by atoms with Gasteiger partial charge in [0.2, 0.25) is 0 Å². The van der Waals surface area contributed by atoms with Crippen molar-refractivity contribution in [1.29, 1.82) is 0 Å². The highest BCUT2D eigenvalue weighted by molar-refractivity contribution is 6.05. The van der Waals surface area contributed by atoms with Crippen molar-refractivity contribution in [3.8, 4) is 0 Å². The summed E-state index contributed by atoms with van der Waals surface area (Å²) in [6.45, 7) is 6.58. The third-order valence-corrected chi connectivity index (χ3v) is 3.56. The quantitative estimate of drug-likeness (QED) is 0.891. The molecule has 0 atom stereocenters. The minimum Gasteiger partial charge on any atom is -0.352 e. The van der Waals surface area contributed by atoms with Crippen LogP contribution in [0.4, 0.5) is 5.69 Å². The average Bonchev–Trinajstić information content (AvgIpc) is 2.56. The molecule has 5 heteroatoms. The maximum Gasteiger partial charge on any atom is 0.257 e. The summed E-state index contributed by atoms with van der Waals surface area (Å²) in [6.07, 6.45) is 3.76. The first-order chi connectivity index (χ1) is 11.0. The van der Waals surface area contributed by atoms with Crippen molar-refractivity contribution in [2.75, 3.05) is 11.9 Å². The van der Waals surface area contributed by atoms with Crippen molar-refractivity contribution >= 4 is 17.5 Å². The average molecular weight is 311 g/mol. The third kappa shape index (κ3) is 4.39. The molecule has 0 aliphatic heterocycles. The van der Waals surface area contributed by atoms with Crippen LogP contribution in [0, 0.1) is 13.8 Å². The summed E-state index contributed by atoms with van der Waals surface area (Å²) in [5.41, 5.74) is 3.73. The molecule has 5 nitrogen and oxygen atoms in total. The highest BCUT2D eigenvalue weighted by atomic mass is 16.2. The van der Waals surface area contributed by atoms with Crippen LogP contribution >= 0.6 is 0 Å². The van der Waals surface area contributed by atoms with Gasteiger partial charge in [0.1, 0.15) is 0 Å². The number of aryl methyl sites for hydroxylation is 2. The Hall–Kier alpha value is -2.69. The zero-order valence-electron chi connectivity index (χ0n) is 13.6. The van der Waals surface area contributed by atoms with Gasteiger partial charge in [-0.15, -0.1) is 0 Å². The van der Waals surface area contributed by atoms with Crippen molar-refractivity contribution in [1.82, 2.24) is 10.3 Å². The Morgan fingerprint density at radius 3 is 2.35 bits per heavy atom. The number of amides is 2. The molecule has 0 aliphatic rings. The summed E-state index contributed by atoms with van der Waals surface area (Å²) in [5, 5.41) is 5.59. The number of carbonyl (C=O) groups excluding carboxylic acids is 2. The third-order valence-electron chi connectivity index (χ3n) is 3.56. The van der Waals surface area contributed by atoms with Crippen LogP contribution in [0.15, 0.2) is 36.7 Å². The van der Waals surface area contributed by atoms with Gasteiger partial charge in [-0.05, 0) is 49.6 Å². The summed E-state index contributed by atoms with van der Waals surface area (Å²) in [4.78, 5) is 28.2. The number of carbonyl (C=O) groups is 2. The van der Waals surface area contributed by atoms with Gasteiger partial charge in [-0.2, -0.15) is 0 Å². The van der Waals surface area contributed by atoms with Gasteiger partial charge in [0.15, 0.2) is 0 Å². The highest BCUT2D eigenvalue weighted by Gasteiger charge is 2.11. The number of rotatable bonds is 5. The van der Waals surface area contributed by atoms with E-state index < -0.39 is 0 Å². The Morgan fingerprint density at radius 1 is 1.00 bits per heavy atom. The molecule has 0 aliphatic carbocycles. The van der Waals surface area contributed by atoms with Gasteiger partial charge >= 0.3 is 0 Å². The molecule has 0 radical (unpaired) electrons. The molecule has 0 saturated carbocycles. The fraction of sp³-hybridized carbons (Fsp3) is 0.278. The van der Waals surface area contributed by atoms with Gasteiger partial charge in [0, 0.05) is 24.6 Å². The van der Waals surface area contributed by atoms with Crippen molar-refractivity contribution in [3.63, 3.8) is 0 Å². The van der Waals surface area contributed by atoms with E-state index in [9.17, 15) is 9.59 Å². The number of pyridine rings is 1. The van der Waals surface area contributed by atoms with Crippen LogP contribution in [0.3, 0.4) is 0 Å². The van der Waals surface area contributed by atoms with E-state index in [0.29, 0.717) is 17.7 Å². The number of benzene rings is 1. The lowest BCUT2D eigenvalue weighted by Crippen LogP contribution is -2.24.